The van der Waals surface area contributed by atoms with Crippen molar-refractivity contribution >= 4 is 116 Å². The Balaban J connectivity index is 1.48. The van der Waals surface area contributed by atoms with Crippen LogP contribution >= 0.6 is 8.53 Å². The molecule has 5 aliphatic heterocycles. The van der Waals surface area contributed by atoms with Crippen molar-refractivity contribution in [3.63, 3.8) is 0 Å². The molecule has 18 unspecified atom stereocenters. The van der Waals surface area contributed by atoms with Crippen molar-refractivity contribution in [3.8, 4) is 0 Å². The largest absolute Gasteiger partial charge is 0.463 e. The van der Waals surface area contributed by atoms with Crippen LogP contribution in [0.1, 0.15) is 367 Å². The number of aliphatic imine (C=N–C) groups is 1. The van der Waals surface area contributed by atoms with Crippen LogP contribution in [-0.4, -0.2) is 313 Å². The molecule has 0 aromatic rings. The summed E-state index contributed by atoms with van der Waals surface area (Å²) in [5, 5.41) is 20.5. The summed E-state index contributed by atoms with van der Waals surface area (Å²) in [6.45, 7) is 21.5. The Labute approximate surface area is 887 Å². The van der Waals surface area contributed by atoms with Crippen LogP contribution in [0.5, 0.6) is 0 Å². The summed E-state index contributed by atoms with van der Waals surface area (Å²) in [6, 6.07) is -5.90. The number of hydrogen-bond donors (Lipinski definition) is 7. The van der Waals surface area contributed by atoms with Gasteiger partial charge in [-0.3, -0.25) is 76.7 Å². The molecular formula is C105H179N10O34P. The highest BCUT2D eigenvalue weighted by atomic mass is 31.2. The van der Waals surface area contributed by atoms with Crippen molar-refractivity contribution in [2.45, 2.75) is 483 Å². The summed E-state index contributed by atoms with van der Waals surface area (Å²) in [5.41, 5.74) is 0. The number of esters is 8. The number of carbonyl (C=O) groups is 17. The van der Waals surface area contributed by atoms with Crippen LogP contribution in [0.3, 0.4) is 0 Å². The van der Waals surface area contributed by atoms with Gasteiger partial charge in [0.15, 0.2) is 55.5 Å². The number of rotatable bonds is 49. The van der Waals surface area contributed by atoms with Crippen LogP contribution in [0.2, 0.25) is 0 Å². The van der Waals surface area contributed by atoms with E-state index in [1.807, 2.05) is 6.21 Å². The molecule has 0 aliphatic carbocycles. The minimum Gasteiger partial charge on any atom is -0.463 e. The number of carbonyl (C=O) groups excluding carboxylic acids is 17. The zero-order valence-electron chi connectivity index (χ0n) is 92.0. The standard InChI is InChI=1S/C105H179N10O34P/c1-70(2)115(71(3)4)150(140-66-52-58-106-16)139-65-51-39-35-45-61-109-100(130)83(53-43-46-59-107-88(127)55-40-32-26-20-17-23-29-36-48-62-133-102-91(110-72(5)116)97(143-80(13)124)94(141-78(11)122)85(146-102)67-136-75(8)119)113-101(131)84-54-44-47-60-108-89(128)56-41-33-27-21-18-24-30-37-49-63-134-103-92(111-73(6)117)98(144-81(14)125)95(86(147-103)68-137-76(9)120)149-105(132)114(74(7)118)93-99(145-82(15)126)96(142-79(12)123)87(69-138-77(10)121)148-104(93)135-64-50-38-31-25-19-22-28-34-42-57-90(129)112-84/h58,70-71,83-87,91-99,102-104H,17-57,59-69H2,1-16H3,(H,107,127)(H,108,128)(H,109,130)(H,110,116)(H,111,117)(H,112,129)(H,113,131). The van der Waals surface area contributed by atoms with E-state index in [1.165, 1.54) is 34.6 Å². The summed E-state index contributed by atoms with van der Waals surface area (Å²) in [6.07, 6.45) is 10.7. The Morgan fingerprint density at radius 2 is 0.907 bits per heavy atom. The zero-order chi connectivity index (χ0) is 111. The molecule has 0 aromatic carbocycles. The highest BCUT2D eigenvalue weighted by molar-refractivity contribution is 7.44. The van der Waals surface area contributed by atoms with Crippen molar-refractivity contribution in [3.05, 3.63) is 0 Å². The average molecular weight is 2160 g/mol. The molecule has 5 rings (SSSR count). The Kier molecular flexibility index (Phi) is 69.1. The molecule has 18 atom stereocenters. The van der Waals surface area contributed by atoms with Gasteiger partial charge in [0.05, 0.1) is 13.2 Å². The van der Waals surface area contributed by atoms with Gasteiger partial charge in [-0.1, -0.05) is 148 Å². The van der Waals surface area contributed by atoms with Crippen LogP contribution in [0.25, 0.3) is 0 Å². The molecule has 5 heterocycles. The fraction of sp³-hybridized carbons (Fsp3) is 0.829. The quantitative estimate of drug-likeness (QED) is 0.00978. The fourth-order valence-corrected chi connectivity index (χ4v) is 19.9. The lowest BCUT2D eigenvalue weighted by atomic mass is 9.94. The molecule has 0 aromatic heterocycles. The van der Waals surface area contributed by atoms with Crippen molar-refractivity contribution in [2.24, 2.45) is 4.99 Å². The predicted octanol–water partition coefficient (Wildman–Crippen LogP) is 11.7. The van der Waals surface area contributed by atoms with Gasteiger partial charge in [-0.05, 0) is 118 Å². The minimum absolute atomic E-state index is 0.0617. The van der Waals surface area contributed by atoms with Crippen LogP contribution in [0.15, 0.2) is 4.99 Å². The van der Waals surface area contributed by atoms with E-state index in [4.69, 9.17) is 80.1 Å². The van der Waals surface area contributed by atoms with Crippen molar-refractivity contribution in [1.29, 1.82) is 0 Å². The molecule has 150 heavy (non-hydrogen) atoms. The first-order valence-electron chi connectivity index (χ1n) is 54.5. The Morgan fingerprint density at radius 1 is 0.460 bits per heavy atom. The second-order valence-electron chi connectivity index (χ2n) is 39.3. The van der Waals surface area contributed by atoms with Gasteiger partial charge < -0.3 is 122 Å². The smallest absolute Gasteiger partial charge is 0.417 e. The molecule has 7 N–H and O–H groups in total. The second kappa shape index (κ2) is 78.0. The number of nitrogens with one attached hydrogen (secondary N) is 7. The number of ether oxygens (including phenoxy) is 15. The van der Waals surface area contributed by atoms with E-state index in [1.54, 1.807) is 7.05 Å². The first kappa shape index (κ1) is 133. The number of fused-ring (bicyclic) bond motifs is 36. The molecule has 45 heteroatoms. The zero-order valence-corrected chi connectivity index (χ0v) is 92.9. The van der Waals surface area contributed by atoms with Gasteiger partial charge in [0.1, 0.15) is 68.3 Å². The number of nitrogens with zero attached hydrogens (tertiary/aromatic N) is 3. The SMILES string of the molecule is CN=CCCOP(OCCCCCCNC(=O)C(CCCCNC(=O)CCCCCCCCCCCOC1OC(COC(C)=O)C(OC(C)=O)C(OC(C)=O)C1NC(C)=O)NC(=O)C1CCCCNC(=O)CCCCCCCCCCCOC2OC(COC(C)=O)C(OC(=O)N(C(C)=O)C3C(OCCCCCCCCCCCC(=O)N1)OC(COC(C)=O)C(OC(C)=O)C3OC(C)=O)C(OC(C)=O)C2NC(C)=O)N(C(C)C)C(C)C. The van der Waals surface area contributed by atoms with E-state index >= 15 is 4.79 Å². The Bertz CT molecular complexity index is 4050. The molecule has 0 radical (unpaired) electrons. The molecular weight excluding hydrogens is 1980 g/mol. The first-order valence-corrected chi connectivity index (χ1v) is 55.6. The van der Waals surface area contributed by atoms with Gasteiger partial charge in [0, 0.05) is 167 Å². The van der Waals surface area contributed by atoms with Gasteiger partial charge in [-0.15, -0.1) is 0 Å². The highest BCUT2D eigenvalue weighted by Crippen LogP contribution is 2.46. The summed E-state index contributed by atoms with van der Waals surface area (Å²) in [5.74, 6) is -9.98. The maximum absolute atomic E-state index is 15.2. The predicted molar refractivity (Wildman–Crippen MR) is 551 cm³/mol. The molecule has 9 amide bonds. The Morgan fingerprint density at radius 3 is 1.44 bits per heavy atom. The molecule has 2 bridgehead atoms. The van der Waals surface area contributed by atoms with Gasteiger partial charge in [0.25, 0.3) is 8.53 Å². The number of hydrogen-bond acceptors (Lipinski definition) is 36. The van der Waals surface area contributed by atoms with E-state index in [2.05, 4.69) is 74.6 Å². The summed E-state index contributed by atoms with van der Waals surface area (Å²) < 4.78 is 103. The Hall–Kier alpha value is -9.27. The fourth-order valence-electron chi connectivity index (χ4n) is 18.2. The van der Waals surface area contributed by atoms with Gasteiger partial charge in [-0.25, -0.2) is 14.4 Å². The number of imide groups is 1. The summed E-state index contributed by atoms with van der Waals surface area (Å²) >= 11 is 0. The first-order chi connectivity index (χ1) is 71.7. The van der Waals surface area contributed by atoms with Gasteiger partial charge in [0.2, 0.25) is 47.3 Å². The van der Waals surface area contributed by atoms with Crippen molar-refractivity contribution in [1.82, 2.24) is 46.8 Å². The van der Waals surface area contributed by atoms with Crippen LogP contribution in [0, 0.1) is 0 Å². The molecule has 44 nitrogen and oxygen atoms in total. The summed E-state index contributed by atoms with van der Waals surface area (Å²) in [7, 11) is 0.419. The van der Waals surface area contributed by atoms with Crippen LogP contribution in [0.4, 0.5) is 4.79 Å². The number of unbranched alkanes of at least 4 members (excludes halogenated alkanes) is 12. The third kappa shape index (κ3) is 56.5. The molecule has 5 saturated heterocycles. The van der Waals surface area contributed by atoms with Crippen molar-refractivity contribution in [2.75, 3.05) is 79.5 Å². The van der Waals surface area contributed by atoms with E-state index in [-0.39, 0.29) is 81.4 Å². The van der Waals surface area contributed by atoms with Crippen LogP contribution in [-0.2, 0) is 157 Å². The maximum atomic E-state index is 15.2. The second-order valence-corrected chi connectivity index (χ2v) is 40.7. The van der Waals surface area contributed by atoms with E-state index in [9.17, 15) is 76.7 Å². The lowest BCUT2D eigenvalue weighted by molar-refractivity contribution is -0.291. The minimum atomic E-state index is -1.85. The maximum Gasteiger partial charge on any atom is 0.417 e. The topological polar surface area (TPSA) is 550 Å². The van der Waals surface area contributed by atoms with E-state index in [0.717, 1.165) is 176 Å². The van der Waals surface area contributed by atoms with Crippen molar-refractivity contribution < 1.29 is 162 Å². The van der Waals surface area contributed by atoms with Gasteiger partial charge in [-0.2, -0.15) is 0 Å². The lowest BCUT2D eigenvalue weighted by Gasteiger charge is -2.48. The third-order valence-corrected chi connectivity index (χ3v) is 27.4. The molecule has 5 aliphatic rings. The third-order valence-electron chi connectivity index (χ3n) is 25.3. The molecule has 5 fully saturated rings. The monoisotopic (exact) mass is 2160 g/mol. The summed E-state index contributed by atoms with van der Waals surface area (Å²) in [4.78, 5) is 229. The normalized spacial score (nSPS) is 24.5. The molecule has 0 spiro atoms. The van der Waals surface area contributed by atoms with Gasteiger partial charge >= 0.3 is 53.8 Å². The molecule has 858 valence electrons. The number of amides is 9. The molecule has 0 saturated carbocycles. The van der Waals surface area contributed by atoms with E-state index in [0.29, 0.717) is 147 Å². The van der Waals surface area contributed by atoms with E-state index < -0.39 is 203 Å². The highest BCUT2D eigenvalue weighted by Gasteiger charge is 2.59. The van der Waals surface area contributed by atoms with Crippen LogP contribution < -0.4 is 37.2 Å². The lowest BCUT2D eigenvalue weighted by Crippen LogP contribution is -2.70. The average Bonchev–Trinajstić information content (AvgIpc) is 0.654.